The molecule has 0 aliphatic carbocycles. The van der Waals surface area contributed by atoms with Crippen LogP contribution in [0.4, 0.5) is 0 Å². The molecular formula is C18H17ClN2O2S. The third kappa shape index (κ3) is 2.85. The number of aromatic nitrogens is 1. The predicted molar refractivity (Wildman–Crippen MR) is 98.1 cm³/mol. The molecule has 0 spiro atoms. The van der Waals surface area contributed by atoms with Gasteiger partial charge in [-0.2, -0.15) is 4.99 Å². The quantitative estimate of drug-likeness (QED) is 0.693. The normalized spacial score (nSPS) is 11.9. The lowest BCUT2D eigenvalue weighted by Gasteiger charge is -2.07. The number of thiazole rings is 1. The fourth-order valence-corrected chi connectivity index (χ4v) is 4.00. The zero-order valence-corrected chi connectivity index (χ0v) is 15.2. The maximum atomic E-state index is 12.5. The van der Waals surface area contributed by atoms with Crippen molar-refractivity contribution in [2.24, 2.45) is 4.99 Å². The second-order valence-corrected chi connectivity index (χ2v) is 6.67. The van der Waals surface area contributed by atoms with Gasteiger partial charge in [-0.1, -0.05) is 41.1 Å². The van der Waals surface area contributed by atoms with Gasteiger partial charge in [0.05, 0.1) is 22.4 Å². The summed E-state index contributed by atoms with van der Waals surface area (Å²) < 4.78 is 8.56. The first kappa shape index (κ1) is 16.7. The number of ether oxygens (including phenoxy) is 1. The highest BCUT2D eigenvalue weighted by Gasteiger charge is 2.14. The molecule has 1 aromatic heterocycles. The summed E-state index contributed by atoms with van der Waals surface area (Å²) in [4.78, 5) is 17.5. The lowest BCUT2D eigenvalue weighted by Crippen LogP contribution is -2.16. The van der Waals surface area contributed by atoms with E-state index in [1.807, 2.05) is 30.5 Å². The molecule has 3 rings (SSSR count). The SMILES string of the molecule is CCn1c(=NC(=O)c2ccccc2Cl)sc2c(C)ccc(OC)c21. The molecule has 0 fully saturated rings. The van der Waals surface area contributed by atoms with Gasteiger partial charge in [-0.3, -0.25) is 4.79 Å². The Hall–Kier alpha value is -2.11. The molecule has 0 N–H and O–H groups in total. The zero-order valence-electron chi connectivity index (χ0n) is 13.7. The molecule has 3 aromatic rings. The molecule has 1 amide bonds. The third-order valence-electron chi connectivity index (χ3n) is 3.82. The lowest BCUT2D eigenvalue weighted by molar-refractivity contribution is 0.0998. The van der Waals surface area contributed by atoms with Crippen molar-refractivity contribution in [2.45, 2.75) is 20.4 Å². The Morgan fingerprint density at radius 1 is 1.29 bits per heavy atom. The second kappa shape index (κ2) is 6.79. The van der Waals surface area contributed by atoms with Crippen LogP contribution in [0, 0.1) is 6.92 Å². The van der Waals surface area contributed by atoms with Crippen LogP contribution in [0.2, 0.25) is 5.02 Å². The third-order valence-corrected chi connectivity index (χ3v) is 5.37. The fraction of sp³-hybridized carbons (Fsp3) is 0.222. The minimum Gasteiger partial charge on any atom is -0.495 e. The van der Waals surface area contributed by atoms with E-state index in [0.717, 1.165) is 21.5 Å². The highest BCUT2D eigenvalue weighted by Crippen LogP contribution is 2.30. The average molecular weight is 361 g/mol. The number of methoxy groups -OCH3 is 1. The molecule has 0 aliphatic heterocycles. The molecule has 0 aliphatic rings. The van der Waals surface area contributed by atoms with Gasteiger partial charge in [-0.05, 0) is 37.6 Å². The van der Waals surface area contributed by atoms with E-state index in [1.165, 1.54) is 11.3 Å². The number of hydrogen-bond donors (Lipinski definition) is 0. The van der Waals surface area contributed by atoms with E-state index < -0.39 is 0 Å². The summed E-state index contributed by atoms with van der Waals surface area (Å²) in [5.41, 5.74) is 2.50. The molecule has 124 valence electrons. The molecule has 0 saturated carbocycles. The molecule has 0 radical (unpaired) electrons. The Morgan fingerprint density at radius 2 is 2.04 bits per heavy atom. The average Bonchev–Trinajstić information content (AvgIpc) is 2.94. The van der Waals surface area contributed by atoms with Gasteiger partial charge >= 0.3 is 0 Å². The van der Waals surface area contributed by atoms with Gasteiger partial charge in [0.1, 0.15) is 11.3 Å². The molecule has 4 nitrogen and oxygen atoms in total. The summed E-state index contributed by atoms with van der Waals surface area (Å²) in [6.45, 7) is 4.75. The second-order valence-electron chi connectivity index (χ2n) is 5.29. The number of rotatable bonds is 3. The van der Waals surface area contributed by atoms with Crippen LogP contribution in [0.5, 0.6) is 5.75 Å². The Balaban J connectivity index is 2.25. The topological polar surface area (TPSA) is 43.6 Å². The van der Waals surface area contributed by atoms with Crippen LogP contribution in [0.3, 0.4) is 0 Å². The van der Waals surface area contributed by atoms with E-state index in [0.29, 0.717) is 21.9 Å². The van der Waals surface area contributed by atoms with Crippen molar-refractivity contribution in [3.63, 3.8) is 0 Å². The first-order valence-electron chi connectivity index (χ1n) is 7.57. The summed E-state index contributed by atoms with van der Waals surface area (Å²) in [6, 6.07) is 10.9. The Morgan fingerprint density at radius 3 is 2.71 bits per heavy atom. The molecule has 0 bridgehead atoms. The van der Waals surface area contributed by atoms with Crippen LogP contribution in [-0.4, -0.2) is 17.6 Å². The van der Waals surface area contributed by atoms with Crippen molar-refractivity contribution in [2.75, 3.05) is 7.11 Å². The Labute approximate surface area is 149 Å². The van der Waals surface area contributed by atoms with Crippen LogP contribution in [-0.2, 0) is 6.54 Å². The maximum Gasteiger partial charge on any atom is 0.281 e. The number of hydrogen-bond acceptors (Lipinski definition) is 3. The van der Waals surface area contributed by atoms with Crippen molar-refractivity contribution >= 4 is 39.1 Å². The van der Waals surface area contributed by atoms with Gasteiger partial charge in [0.25, 0.3) is 5.91 Å². The number of aryl methyl sites for hydroxylation is 2. The molecule has 24 heavy (non-hydrogen) atoms. The smallest absolute Gasteiger partial charge is 0.281 e. The van der Waals surface area contributed by atoms with Gasteiger partial charge in [-0.15, -0.1) is 0 Å². The number of fused-ring (bicyclic) bond motifs is 1. The number of carbonyl (C=O) groups excluding carboxylic acids is 1. The summed E-state index contributed by atoms with van der Waals surface area (Å²) in [5, 5.41) is 0.407. The van der Waals surface area contributed by atoms with E-state index in [2.05, 4.69) is 4.99 Å². The van der Waals surface area contributed by atoms with Crippen LogP contribution >= 0.6 is 22.9 Å². The van der Waals surface area contributed by atoms with E-state index in [1.54, 1.807) is 31.4 Å². The van der Waals surface area contributed by atoms with Crippen LogP contribution in [0.25, 0.3) is 10.2 Å². The monoisotopic (exact) mass is 360 g/mol. The van der Waals surface area contributed by atoms with Crippen LogP contribution in [0.15, 0.2) is 41.4 Å². The number of amides is 1. The maximum absolute atomic E-state index is 12.5. The first-order valence-corrected chi connectivity index (χ1v) is 8.76. The Kier molecular flexibility index (Phi) is 4.73. The molecule has 0 atom stereocenters. The largest absolute Gasteiger partial charge is 0.495 e. The zero-order chi connectivity index (χ0) is 17.3. The van der Waals surface area contributed by atoms with Crippen molar-refractivity contribution in [3.8, 4) is 5.75 Å². The van der Waals surface area contributed by atoms with Crippen LogP contribution < -0.4 is 9.54 Å². The summed E-state index contributed by atoms with van der Waals surface area (Å²) >= 11 is 7.59. The van der Waals surface area contributed by atoms with Crippen molar-refractivity contribution in [1.29, 1.82) is 0 Å². The first-order chi connectivity index (χ1) is 11.6. The van der Waals surface area contributed by atoms with Crippen molar-refractivity contribution in [1.82, 2.24) is 4.57 Å². The standard InChI is InChI=1S/C18H17ClN2O2S/c1-4-21-15-14(23-3)10-9-11(2)16(15)24-18(21)20-17(22)12-7-5-6-8-13(12)19/h5-10H,4H2,1-3H3. The van der Waals surface area contributed by atoms with Gasteiger partial charge < -0.3 is 9.30 Å². The van der Waals surface area contributed by atoms with Gasteiger partial charge in [0.15, 0.2) is 4.80 Å². The summed E-state index contributed by atoms with van der Waals surface area (Å²) in [5.74, 6) is 0.436. The number of benzene rings is 2. The van der Waals surface area contributed by atoms with Gasteiger partial charge in [0.2, 0.25) is 0 Å². The minimum atomic E-state index is -0.342. The predicted octanol–water partition coefficient (Wildman–Crippen LogP) is 4.43. The minimum absolute atomic E-state index is 0.342. The molecule has 0 saturated heterocycles. The molecule has 1 heterocycles. The number of nitrogens with zero attached hydrogens (tertiary/aromatic N) is 2. The van der Waals surface area contributed by atoms with Crippen LogP contribution in [0.1, 0.15) is 22.8 Å². The van der Waals surface area contributed by atoms with Crippen molar-refractivity contribution in [3.05, 3.63) is 57.3 Å². The summed E-state index contributed by atoms with van der Waals surface area (Å²) in [7, 11) is 1.65. The van der Waals surface area contributed by atoms with E-state index in [9.17, 15) is 4.79 Å². The number of carbonyl (C=O) groups is 1. The highest BCUT2D eigenvalue weighted by molar-refractivity contribution is 7.16. The summed E-state index contributed by atoms with van der Waals surface area (Å²) in [6.07, 6.45) is 0. The van der Waals surface area contributed by atoms with E-state index in [4.69, 9.17) is 16.3 Å². The van der Waals surface area contributed by atoms with Crippen molar-refractivity contribution < 1.29 is 9.53 Å². The number of halogens is 1. The lowest BCUT2D eigenvalue weighted by atomic mass is 10.2. The van der Waals surface area contributed by atoms with E-state index in [-0.39, 0.29) is 5.91 Å². The molecular weight excluding hydrogens is 344 g/mol. The molecule has 0 unspecified atom stereocenters. The van der Waals surface area contributed by atoms with E-state index >= 15 is 0 Å². The molecule has 6 heteroatoms. The van der Waals surface area contributed by atoms with Gasteiger partial charge in [0, 0.05) is 6.54 Å². The fourth-order valence-electron chi connectivity index (χ4n) is 2.60. The Bertz CT molecular complexity index is 988. The molecule has 2 aromatic carbocycles. The highest BCUT2D eigenvalue weighted by atomic mass is 35.5. The van der Waals surface area contributed by atoms with Gasteiger partial charge in [-0.25, -0.2) is 0 Å².